The fourth-order valence-electron chi connectivity index (χ4n) is 2.76. The summed E-state index contributed by atoms with van der Waals surface area (Å²) in [7, 11) is 1.59. The molecule has 0 bridgehead atoms. The van der Waals surface area contributed by atoms with Gasteiger partial charge in [-0.1, -0.05) is 0 Å². The molecule has 0 unspecified atom stereocenters. The SMILES string of the molecule is COc1ccc(N2C[C@@H](NC(=O)Nc3cc(C)ccn3)CC2=O)cc1. The third-order valence-electron chi connectivity index (χ3n) is 4.00. The van der Waals surface area contributed by atoms with Crippen LogP contribution in [0.5, 0.6) is 5.75 Å². The fraction of sp³-hybridized carbons (Fsp3) is 0.278. The molecule has 1 saturated heterocycles. The summed E-state index contributed by atoms with van der Waals surface area (Å²) < 4.78 is 5.12. The fourth-order valence-corrected chi connectivity index (χ4v) is 2.76. The Morgan fingerprint density at radius 2 is 2.04 bits per heavy atom. The van der Waals surface area contributed by atoms with Crippen LogP contribution in [0.2, 0.25) is 0 Å². The zero-order valence-electron chi connectivity index (χ0n) is 14.2. The number of hydrogen-bond donors (Lipinski definition) is 2. The van der Waals surface area contributed by atoms with Crippen LogP contribution in [-0.2, 0) is 4.79 Å². The van der Waals surface area contributed by atoms with Gasteiger partial charge in [0.25, 0.3) is 0 Å². The van der Waals surface area contributed by atoms with E-state index in [0.29, 0.717) is 12.4 Å². The topological polar surface area (TPSA) is 83.6 Å². The summed E-state index contributed by atoms with van der Waals surface area (Å²) in [6, 6.07) is 10.3. The molecule has 0 aliphatic carbocycles. The average molecular weight is 340 g/mol. The van der Waals surface area contributed by atoms with Crippen molar-refractivity contribution in [3.05, 3.63) is 48.2 Å². The lowest BCUT2D eigenvalue weighted by Gasteiger charge is -2.17. The summed E-state index contributed by atoms with van der Waals surface area (Å²) in [5, 5.41) is 5.51. The maximum Gasteiger partial charge on any atom is 0.320 e. The van der Waals surface area contributed by atoms with Crippen molar-refractivity contribution in [2.75, 3.05) is 23.9 Å². The molecule has 1 fully saturated rings. The van der Waals surface area contributed by atoms with Crippen molar-refractivity contribution in [2.24, 2.45) is 0 Å². The summed E-state index contributed by atoms with van der Waals surface area (Å²) in [6.45, 7) is 2.35. The molecule has 25 heavy (non-hydrogen) atoms. The molecule has 2 N–H and O–H groups in total. The van der Waals surface area contributed by atoms with Crippen molar-refractivity contribution >= 4 is 23.4 Å². The number of urea groups is 1. The van der Waals surface area contributed by atoms with Crippen LogP contribution >= 0.6 is 0 Å². The number of ether oxygens (including phenoxy) is 1. The highest BCUT2D eigenvalue weighted by atomic mass is 16.5. The van der Waals surface area contributed by atoms with Gasteiger partial charge in [-0.2, -0.15) is 0 Å². The van der Waals surface area contributed by atoms with Gasteiger partial charge in [0.05, 0.1) is 13.2 Å². The van der Waals surface area contributed by atoms with E-state index in [-0.39, 0.29) is 24.4 Å². The average Bonchev–Trinajstić information content (AvgIpc) is 2.95. The lowest BCUT2D eigenvalue weighted by Crippen LogP contribution is -2.39. The Kier molecular flexibility index (Phi) is 4.83. The minimum atomic E-state index is -0.368. The lowest BCUT2D eigenvalue weighted by molar-refractivity contribution is -0.117. The normalized spacial score (nSPS) is 16.6. The third-order valence-corrected chi connectivity index (χ3v) is 4.00. The number of methoxy groups -OCH3 is 1. The molecule has 1 aliphatic rings. The Bertz CT molecular complexity index is 776. The largest absolute Gasteiger partial charge is 0.497 e. The van der Waals surface area contributed by atoms with E-state index in [2.05, 4.69) is 15.6 Å². The number of nitrogens with one attached hydrogen (secondary N) is 2. The number of amides is 3. The maximum absolute atomic E-state index is 12.2. The molecule has 7 nitrogen and oxygen atoms in total. The van der Waals surface area contributed by atoms with Crippen molar-refractivity contribution < 1.29 is 14.3 Å². The van der Waals surface area contributed by atoms with Crippen molar-refractivity contribution in [3.8, 4) is 5.75 Å². The molecule has 130 valence electrons. The second-order valence-electron chi connectivity index (χ2n) is 5.92. The van der Waals surface area contributed by atoms with Crippen LogP contribution in [0, 0.1) is 6.92 Å². The van der Waals surface area contributed by atoms with Crippen LogP contribution in [0.3, 0.4) is 0 Å². The molecule has 0 radical (unpaired) electrons. The standard InChI is InChI=1S/C18H20N4O3/c1-12-7-8-19-16(9-12)21-18(24)20-13-10-17(23)22(11-13)14-3-5-15(25-2)6-4-14/h3-9,13H,10-11H2,1-2H3,(H2,19,20,21,24)/t13-/m0/s1. The van der Waals surface area contributed by atoms with Crippen molar-refractivity contribution in [3.63, 3.8) is 0 Å². The molecular formula is C18H20N4O3. The van der Waals surface area contributed by atoms with Crippen molar-refractivity contribution in [1.82, 2.24) is 10.3 Å². The molecule has 3 rings (SSSR count). The van der Waals surface area contributed by atoms with E-state index in [1.807, 2.05) is 25.1 Å². The molecule has 1 atom stereocenters. The molecule has 3 amide bonds. The molecule has 1 aliphatic heterocycles. The summed E-state index contributed by atoms with van der Waals surface area (Å²) in [6.07, 6.45) is 1.90. The maximum atomic E-state index is 12.2. The summed E-state index contributed by atoms with van der Waals surface area (Å²) in [5.74, 6) is 1.19. The second-order valence-corrected chi connectivity index (χ2v) is 5.92. The molecule has 2 aromatic rings. The quantitative estimate of drug-likeness (QED) is 0.895. The molecular weight excluding hydrogens is 320 g/mol. The van der Waals surface area contributed by atoms with Gasteiger partial charge in [-0.15, -0.1) is 0 Å². The predicted octanol–water partition coefficient (Wildman–Crippen LogP) is 2.33. The van der Waals surface area contributed by atoms with Gasteiger partial charge < -0.3 is 15.0 Å². The van der Waals surface area contributed by atoms with E-state index in [9.17, 15) is 9.59 Å². The highest BCUT2D eigenvalue weighted by molar-refractivity contribution is 5.97. The molecule has 7 heteroatoms. The number of hydrogen-bond acceptors (Lipinski definition) is 4. The van der Waals surface area contributed by atoms with E-state index < -0.39 is 0 Å². The first-order valence-electron chi connectivity index (χ1n) is 8.00. The van der Waals surface area contributed by atoms with E-state index >= 15 is 0 Å². The van der Waals surface area contributed by atoms with E-state index in [1.54, 1.807) is 36.4 Å². The number of aryl methyl sites for hydroxylation is 1. The summed E-state index contributed by atoms with van der Waals surface area (Å²) in [4.78, 5) is 30.1. The summed E-state index contributed by atoms with van der Waals surface area (Å²) in [5.41, 5.74) is 1.79. The number of rotatable bonds is 4. The molecule has 0 saturated carbocycles. The molecule has 2 heterocycles. The predicted molar refractivity (Wildman–Crippen MR) is 94.9 cm³/mol. The van der Waals surface area contributed by atoms with Gasteiger partial charge in [-0.05, 0) is 48.9 Å². The van der Waals surface area contributed by atoms with Crippen molar-refractivity contribution in [1.29, 1.82) is 0 Å². The van der Waals surface area contributed by atoms with Crippen LogP contribution in [-0.4, -0.2) is 36.6 Å². The first-order chi connectivity index (χ1) is 12.0. The van der Waals surface area contributed by atoms with Gasteiger partial charge in [-0.25, -0.2) is 9.78 Å². The van der Waals surface area contributed by atoms with Crippen LogP contribution in [0.1, 0.15) is 12.0 Å². The number of benzene rings is 1. The van der Waals surface area contributed by atoms with Crippen LogP contribution in [0.25, 0.3) is 0 Å². The van der Waals surface area contributed by atoms with Crippen LogP contribution < -0.4 is 20.3 Å². The zero-order chi connectivity index (χ0) is 17.8. The van der Waals surface area contributed by atoms with Gasteiger partial charge in [0.2, 0.25) is 5.91 Å². The second kappa shape index (κ2) is 7.21. The van der Waals surface area contributed by atoms with Gasteiger partial charge in [0.15, 0.2) is 0 Å². The first-order valence-corrected chi connectivity index (χ1v) is 8.00. The van der Waals surface area contributed by atoms with Gasteiger partial charge in [0, 0.05) is 24.8 Å². The van der Waals surface area contributed by atoms with Gasteiger partial charge >= 0.3 is 6.03 Å². The zero-order valence-corrected chi connectivity index (χ0v) is 14.2. The van der Waals surface area contributed by atoms with Gasteiger partial charge in [-0.3, -0.25) is 10.1 Å². The smallest absolute Gasteiger partial charge is 0.320 e. The lowest BCUT2D eigenvalue weighted by atomic mass is 10.2. The highest BCUT2D eigenvalue weighted by Crippen LogP contribution is 2.24. The monoisotopic (exact) mass is 340 g/mol. The molecule has 0 spiro atoms. The van der Waals surface area contributed by atoms with Crippen LogP contribution in [0.15, 0.2) is 42.6 Å². The first kappa shape index (κ1) is 16.8. The minimum Gasteiger partial charge on any atom is -0.497 e. The van der Waals surface area contributed by atoms with E-state index in [1.165, 1.54) is 0 Å². The number of pyridine rings is 1. The highest BCUT2D eigenvalue weighted by Gasteiger charge is 2.31. The van der Waals surface area contributed by atoms with E-state index in [4.69, 9.17) is 4.74 Å². The summed E-state index contributed by atoms with van der Waals surface area (Å²) >= 11 is 0. The Morgan fingerprint density at radius 3 is 2.72 bits per heavy atom. The Labute approximate surface area is 146 Å². The molecule has 1 aromatic carbocycles. The number of carbonyl (C=O) groups excluding carboxylic acids is 2. The minimum absolute atomic E-state index is 0.0239. The Morgan fingerprint density at radius 1 is 1.28 bits per heavy atom. The number of nitrogens with zero attached hydrogens (tertiary/aromatic N) is 2. The van der Waals surface area contributed by atoms with Crippen molar-refractivity contribution in [2.45, 2.75) is 19.4 Å². The molecule has 1 aromatic heterocycles. The van der Waals surface area contributed by atoms with Crippen LogP contribution in [0.4, 0.5) is 16.3 Å². The number of aromatic nitrogens is 1. The number of carbonyl (C=O) groups is 2. The number of anilines is 2. The van der Waals surface area contributed by atoms with E-state index in [0.717, 1.165) is 17.0 Å². The Hall–Kier alpha value is -3.09. The van der Waals surface area contributed by atoms with Gasteiger partial charge in [0.1, 0.15) is 11.6 Å². The Balaban J connectivity index is 1.59. The third kappa shape index (κ3) is 4.06.